The third-order valence-corrected chi connectivity index (χ3v) is 6.57. The molecule has 2 heterocycles. The van der Waals surface area contributed by atoms with Crippen LogP contribution in [0, 0.1) is 12.8 Å². The van der Waals surface area contributed by atoms with Gasteiger partial charge in [0.2, 0.25) is 5.91 Å². The number of hydrogen-bond donors (Lipinski definition) is 2. The molecule has 0 aliphatic heterocycles. The van der Waals surface area contributed by atoms with Gasteiger partial charge in [-0.05, 0) is 49.8 Å². The molecule has 7 heteroatoms. The van der Waals surface area contributed by atoms with E-state index in [1.54, 1.807) is 11.3 Å². The van der Waals surface area contributed by atoms with Crippen molar-refractivity contribution in [2.45, 2.75) is 56.6 Å². The first-order valence-corrected chi connectivity index (χ1v) is 11.2. The molecule has 1 amide bonds. The molecule has 1 saturated carbocycles. The molecule has 0 bridgehead atoms. The minimum atomic E-state index is -0.139. The predicted octanol–water partition coefficient (Wildman–Crippen LogP) is 3.84. The summed E-state index contributed by atoms with van der Waals surface area (Å²) in [7, 11) is 0. The summed E-state index contributed by atoms with van der Waals surface area (Å²) >= 11 is 3.11. The predicted molar refractivity (Wildman–Crippen MR) is 107 cm³/mol. The molecule has 0 unspecified atom stereocenters. The molecule has 2 aromatic heterocycles. The Bertz CT molecular complexity index is 796. The van der Waals surface area contributed by atoms with E-state index in [2.05, 4.69) is 26.7 Å². The summed E-state index contributed by atoms with van der Waals surface area (Å²) in [5.74, 6) is 0.522. The summed E-state index contributed by atoms with van der Waals surface area (Å²) in [6, 6.07) is 4.24. The van der Waals surface area contributed by atoms with Crippen LogP contribution in [0.4, 0.5) is 0 Å². The molecule has 0 aromatic carbocycles. The molecule has 1 aliphatic rings. The van der Waals surface area contributed by atoms with Crippen molar-refractivity contribution in [3.8, 4) is 0 Å². The zero-order chi connectivity index (χ0) is 18.5. The van der Waals surface area contributed by atoms with Crippen molar-refractivity contribution in [1.29, 1.82) is 0 Å². The van der Waals surface area contributed by atoms with Crippen molar-refractivity contribution in [1.82, 2.24) is 15.3 Å². The van der Waals surface area contributed by atoms with E-state index in [0.29, 0.717) is 35.2 Å². The number of hydrogen-bond acceptors (Lipinski definition) is 5. The lowest BCUT2D eigenvalue weighted by Gasteiger charge is -2.24. The van der Waals surface area contributed by atoms with Crippen LogP contribution in [0.15, 0.2) is 27.5 Å². The largest absolute Gasteiger partial charge is 0.348 e. The van der Waals surface area contributed by atoms with Crippen LogP contribution in [0.5, 0.6) is 0 Å². The number of aryl methyl sites for hydroxylation is 1. The summed E-state index contributed by atoms with van der Waals surface area (Å²) in [6.45, 7) is 1.83. The van der Waals surface area contributed by atoms with Gasteiger partial charge < -0.3 is 10.3 Å². The van der Waals surface area contributed by atoms with Crippen molar-refractivity contribution in [3.63, 3.8) is 0 Å². The molecule has 2 aromatic rings. The Labute approximate surface area is 162 Å². The van der Waals surface area contributed by atoms with Crippen LogP contribution < -0.4 is 10.9 Å². The van der Waals surface area contributed by atoms with E-state index in [1.807, 2.05) is 19.2 Å². The average molecular weight is 392 g/mol. The van der Waals surface area contributed by atoms with Crippen molar-refractivity contribution in [2.24, 2.45) is 5.92 Å². The van der Waals surface area contributed by atoms with E-state index in [4.69, 9.17) is 0 Å². The number of aromatic amines is 1. The van der Waals surface area contributed by atoms with Gasteiger partial charge in [-0.2, -0.15) is 0 Å². The third kappa shape index (κ3) is 4.57. The normalized spacial score (nSPS) is 15.9. The molecule has 26 heavy (non-hydrogen) atoms. The second kappa shape index (κ2) is 8.86. The fourth-order valence-corrected chi connectivity index (χ4v) is 4.93. The molecular weight excluding hydrogens is 366 g/mol. The topological polar surface area (TPSA) is 74.8 Å². The highest BCUT2D eigenvalue weighted by Gasteiger charge is 2.28. The molecule has 1 fully saturated rings. The van der Waals surface area contributed by atoms with Gasteiger partial charge in [-0.15, -0.1) is 11.3 Å². The van der Waals surface area contributed by atoms with Gasteiger partial charge in [0.1, 0.15) is 0 Å². The number of aromatic nitrogens is 2. The summed E-state index contributed by atoms with van der Waals surface area (Å²) in [5, 5.41) is 5.90. The van der Waals surface area contributed by atoms with Gasteiger partial charge in [-0.1, -0.05) is 30.7 Å². The number of carbonyl (C=O) groups is 1. The van der Waals surface area contributed by atoms with Gasteiger partial charge >= 0.3 is 0 Å². The van der Waals surface area contributed by atoms with E-state index in [9.17, 15) is 9.59 Å². The fraction of sp³-hybridized carbons (Fsp3) is 0.526. The minimum absolute atomic E-state index is 0.00282. The molecule has 140 valence electrons. The standard InChI is InChI=1S/C19H25N3O2S2/c1-12-14(18(24)22-19(20-12)25-2)9-10-16(23)21-17(13-6-3-4-7-13)15-8-5-11-26-15/h5,8,11,13,17H,3-4,6-7,9-10H2,1-2H3,(H,21,23)(H,20,22,24)/t17-/m0/s1. The number of thioether (sulfide) groups is 1. The molecular formula is C19H25N3O2S2. The lowest BCUT2D eigenvalue weighted by molar-refractivity contribution is -0.122. The molecule has 3 rings (SSSR count). The molecule has 2 N–H and O–H groups in total. The maximum atomic E-state index is 12.6. The number of H-pyrrole nitrogens is 1. The average Bonchev–Trinajstić information content (AvgIpc) is 3.32. The lowest BCUT2D eigenvalue weighted by Crippen LogP contribution is -2.32. The van der Waals surface area contributed by atoms with Crippen molar-refractivity contribution >= 4 is 29.0 Å². The number of nitrogens with one attached hydrogen (secondary N) is 2. The Morgan fingerprint density at radius 1 is 1.46 bits per heavy atom. The summed E-state index contributed by atoms with van der Waals surface area (Å²) in [5.41, 5.74) is 1.17. The zero-order valence-electron chi connectivity index (χ0n) is 15.2. The summed E-state index contributed by atoms with van der Waals surface area (Å²) < 4.78 is 0. The van der Waals surface area contributed by atoms with Crippen LogP contribution in [-0.4, -0.2) is 22.1 Å². The number of amides is 1. The quantitative estimate of drug-likeness (QED) is 0.555. The van der Waals surface area contributed by atoms with Crippen molar-refractivity contribution in [3.05, 3.63) is 44.0 Å². The van der Waals surface area contributed by atoms with Crippen molar-refractivity contribution < 1.29 is 4.79 Å². The lowest BCUT2D eigenvalue weighted by atomic mass is 9.96. The molecule has 1 aliphatic carbocycles. The van der Waals surface area contributed by atoms with Crippen LogP contribution in [-0.2, 0) is 11.2 Å². The van der Waals surface area contributed by atoms with Gasteiger partial charge in [-0.3, -0.25) is 9.59 Å². The zero-order valence-corrected chi connectivity index (χ0v) is 16.8. The minimum Gasteiger partial charge on any atom is -0.348 e. The Morgan fingerprint density at radius 3 is 2.85 bits per heavy atom. The Kier molecular flexibility index (Phi) is 6.53. The first-order valence-electron chi connectivity index (χ1n) is 9.05. The first-order chi connectivity index (χ1) is 12.6. The van der Waals surface area contributed by atoms with E-state index < -0.39 is 0 Å². The smallest absolute Gasteiger partial charge is 0.254 e. The SMILES string of the molecule is CSc1nc(C)c(CCC(=O)N[C@H](c2cccs2)C2CCCC2)c(=O)[nH]1. The number of nitrogens with zero attached hydrogens (tertiary/aromatic N) is 1. The van der Waals surface area contributed by atoms with Crippen LogP contribution in [0.1, 0.15) is 54.3 Å². The molecule has 1 atom stereocenters. The van der Waals surface area contributed by atoms with Crippen molar-refractivity contribution in [2.75, 3.05) is 6.26 Å². The fourth-order valence-electron chi connectivity index (χ4n) is 3.64. The summed E-state index contributed by atoms with van der Waals surface area (Å²) in [6.07, 6.45) is 7.41. The highest BCUT2D eigenvalue weighted by atomic mass is 32.2. The van der Waals surface area contributed by atoms with Crippen LogP contribution in [0.25, 0.3) is 0 Å². The van der Waals surface area contributed by atoms with Crippen LogP contribution in [0.2, 0.25) is 0 Å². The van der Waals surface area contributed by atoms with Gasteiger partial charge in [0.25, 0.3) is 5.56 Å². The van der Waals surface area contributed by atoms with E-state index in [1.165, 1.54) is 42.3 Å². The highest BCUT2D eigenvalue weighted by molar-refractivity contribution is 7.98. The molecule has 0 spiro atoms. The first kappa shape index (κ1) is 19.2. The van der Waals surface area contributed by atoms with Gasteiger partial charge in [0.15, 0.2) is 5.16 Å². The third-order valence-electron chi connectivity index (χ3n) is 5.03. The maximum Gasteiger partial charge on any atom is 0.254 e. The highest BCUT2D eigenvalue weighted by Crippen LogP contribution is 2.37. The van der Waals surface area contributed by atoms with E-state index in [0.717, 1.165) is 0 Å². The number of thiophene rings is 1. The van der Waals surface area contributed by atoms with Gasteiger partial charge in [-0.25, -0.2) is 4.98 Å². The maximum absolute atomic E-state index is 12.6. The number of rotatable bonds is 7. The monoisotopic (exact) mass is 391 g/mol. The van der Waals surface area contributed by atoms with Crippen LogP contribution in [0.3, 0.4) is 0 Å². The summed E-state index contributed by atoms with van der Waals surface area (Å²) in [4.78, 5) is 33.2. The Morgan fingerprint density at radius 2 is 2.23 bits per heavy atom. The van der Waals surface area contributed by atoms with Crippen LogP contribution >= 0.6 is 23.1 Å². The van der Waals surface area contributed by atoms with E-state index in [-0.39, 0.29) is 17.5 Å². The molecule has 5 nitrogen and oxygen atoms in total. The van der Waals surface area contributed by atoms with Gasteiger partial charge in [0, 0.05) is 22.6 Å². The molecule has 0 saturated heterocycles. The van der Waals surface area contributed by atoms with Gasteiger partial charge in [0.05, 0.1) is 6.04 Å². The second-order valence-electron chi connectivity index (χ2n) is 6.74. The Balaban J connectivity index is 1.65. The van der Waals surface area contributed by atoms with E-state index >= 15 is 0 Å². The molecule has 0 radical (unpaired) electrons. The Hall–Kier alpha value is -1.60. The number of carbonyl (C=O) groups excluding carboxylic acids is 1. The second-order valence-corrected chi connectivity index (χ2v) is 8.52.